The molecule has 0 aliphatic carbocycles. The number of amides is 1. The summed E-state index contributed by atoms with van der Waals surface area (Å²) in [7, 11) is 0. The van der Waals surface area contributed by atoms with E-state index >= 15 is 0 Å². The summed E-state index contributed by atoms with van der Waals surface area (Å²) in [5.41, 5.74) is 7.56. The first-order valence-electron chi connectivity index (χ1n) is 12.7. The van der Waals surface area contributed by atoms with Gasteiger partial charge in [0.15, 0.2) is 0 Å². The van der Waals surface area contributed by atoms with Gasteiger partial charge in [-0.05, 0) is 96.3 Å². The number of hydrogen-bond donors (Lipinski definition) is 1. The van der Waals surface area contributed by atoms with Crippen LogP contribution in [0.5, 0.6) is 0 Å². The molecular formula is C31H36FN3OS. The number of nitrogens with one attached hydrogen (secondary N) is 1. The predicted octanol–water partition coefficient (Wildman–Crippen LogP) is 7.36. The van der Waals surface area contributed by atoms with Crippen molar-refractivity contribution in [1.82, 2.24) is 14.9 Å². The number of carbonyl (C=O) groups excluding carboxylic acids is 1. The number of imidazole rings is 1. The van der Waals surface area contributed by atoms with E-state index in [0.29, 0.717) is 12.1 Å². The molecule has 1 aromatic heterocycles. The SMILES string of the molecule is CSCCC(NC(=O)c1ccc(F)cc1)c1nc2ccccc2n1Cc1c(C)cc(C(C)(C)C)cc1C. The lowest BCUT2D eigenvalue weighted by atomic mass is 9.84. The smallest absolute Gasteiger partial charge is 0.251 e. The Bertz CT molecular complexity index is 1380. The molecule has 1 atom stereocenters. The molecule has 0 aliphatic heterocycles. The number of para-hydroxylation sites is 2. The van der Waals surface area contributed by atoms with Crippen LogP contribution in [0, 0.1) is 19.7 Å². The van der Waals surface area contributed by atoms with Crippen LogP contribution >= 0.6 is 11.8 Å². The van der Waals surface area contributed by atoms with Crippen LogP contribution in [-0.4, -0.2) is 27.5 Å². The fraction of sp³-hybridized carbons (Fsp3) is 0.355. The minimum atomic E-state index is -0.361. The van der Waals surface area contributed by atoms with Crippen LogP contribution in [0.15, 0.2) is 60.7 Å². The number of thioether (sulfide) groups is 1. The van der Waals surface area contributed by atoms with Crippen molar-refractivity contribution in [3.05, 3.63) is 100 Å². The summed E-state index contributed by atoms with van der Waals surface area (Å²) >= 11 is 1.74. The lowest BCUT2D eigenvalue weighted by molar-refractivity contribution is 0.0933. The van der Waals surface area contributed by atoms with Gasteiger partial charge >= 0.3 is 0 Å². The van der Waals surface area contributed by atoms with E-state index in [1.165, 1.54) is 46.5 Å². The summed E-state index contributed by atoms with van der Waals surface area (Å²) in [5, 5.41) is 3.19. The van der Waals surface area contributed by atoms with Crippen molar-refractivity contribution in [1.29, 1.82) is 0 Å². The molecule has 0 fully saturated rings. The van der Waals surface area contributed by atoms with Crippen molar-refractivity contribution in [2.24, 2.45) is 0 Å². The number of aromatic nitrogens is 2. The zero-order valence-electron chi connectivity index (χ0n) is 22.6. The first kappa shape index (κ1) is 26.9. The summed E-state index contributed by atoms with van der Waals surface area (Å²) in [5.74, 6) is 1.12. The number of carbonyl (C=O) groups is 1. The first-order chi connectivity index (χ1) is 17.6. The average Bonchev–Trinajstić information content (AvgIpc) is 3.21. The van der Waals surface area contributed by atoms with E-state index in [1.807, 2.05) is 18.2 Å². The highest BCUT2D eigenvalue weighted by atomic mass is 32.2. The molecule has 4 aromatic rings. The van der Waals surface area contributed by atoms with Crippen molar-refractivity contribution < 1.29 is 9.18 Å². The quantitative estimate of drug-likeness (QED) is 0.266. The minimum Gasteiger partial charge on any atom is -0.342 e. The Kier molecular flexibility index (Phi) is 8.08. The van der Waals surface area contributed by atoms with Crippen molar-refractivity contribution >= 4 is 28.7 Å². The maximum atomic E-state index is 13.4. The molecule has 194 valence electrons. The lowest BCUT2D eigenvalue weighted by Gasteiger charge is -2.24. The van der Waals surface area contributed by atoms with Gasteiger partial charge in [-0.2, -0.15) is 11.8 Å². The fourth-order valence-electron chi connectivity index (χ4n) is 4.70. The van der Waals surface area contributed by atoms with E-state index in [1.54, 1.807) is 11.8 Å². The minimum absolute atomic E-state index is 0.0778. The molecule has 6 heteroatoms. The molecule has 0 radical (unpaired) electrons. The molecule has 37 heavy (non-hydrogen) atoms. The molecule has 0 aliphatic rings. The number of hydrogen-bond acceptors (Lipinski definition) is 3. The van der Waals surface area contributed by atoms with Crippen LogP contribution in [0.1, 0.15) is 71.7 Å². The molecule has 4 nitrogen and oxygen atoms in total. The van der Waals surface area contributed by atoms with Crippen LogP contribution in [0.3, 0.4) is 0 Å². The van der Waals surface area contributed by atoms with Crippen molar-refractivity contribution in [2.75, 3.05) is 12.0 Å². The molecule has 4 rings (SSSR count). The molecule has 3 aromatic carbocycles. The molecular weight excluding hydrogens is 481 g/mol. The second-order valence-corrected chi connectivity index (χ2v) is 11.7. The number of rotatable bonds is 8. The molecule has 0 bridgehead atoms. The third kappa shape index (κ3) is 6.07. The largest absolute Gasteiger partial charge is 0.342 e. The molecule has 0 saturated carbocycles. The van der Waals surface area contributed by atoms with E-state index in [0.717, 1.165) is 29.0 Å². The van der Waals surface area contributed by atoms with Gasteiger partial charge in [-0.3, -0.25) is 4.79 Å². The van der Waals surface area contributed by atoms with Crippen LogP contribution in [0.4, 0.5) is 4.39 Å². The summed E-state index contributed by atoms with van der Waals surface area (Å²) in [6, 6.07) is 18.1. The van der Waals surface area contributed by atoms with Gasteiger partial charge < -0.3 is 9.88 Å². The standard InChI is InChI=1S/C31H36FN3OS/c1-20-17-23(31(3,4)5)18-21(2)25(20)19-35-28-10-8-7-9-26(28)33-29(35)27(15-16-37-6)34-30(36)22-11-13-24(32)14-12-22/h7-14,17-18,27H,15-16,19H2,1-6H3,(H,34,36). The summed E-state index contributed by atoms with van der Waals surface area (Å²) in [6.07, 6.45) is 2.80. The molecule has 1 N–H and O–H groups in total. The van der Waals surface area contributed by atoms with Gasteiger partial charge in [0.2, 0.25) is 0 Å². The van der Waals surface area contributed by atoms with Gasteiger partial charge in [-0.25, -0.2) is 9.37 Å². The number of halogens is 1. The zero-order chi connectivity index (χ0) is 26.7. The number of aryl methyl sites for hydroxylation is 2. The number of fused-ring (bicyclic) bond motifs is 1. The van der Waals surface area contributed by atoms with E-state index in [4.69, 9.17) is 4.98 Å². The van der Waals surface area contributed by atoms with Crippen molar-refractivity contribution in [2.45, 2.75) is 59.0 Å². The van der Waals surface area contributed by atoms with Gasteiger partial charge in [0.1, 0.15) is 11.6 Å². The van der Waals surface area contributed by atoms with E-state index < -0.39 is 0 Å². The highest BCUT2D eigenvalue weighted by Gasteiger charge is 2.24. The highest BCUT2D eigenvalue weighted by Crippen LogP contribution is 2.30. The van der Waals surface area contributed by atoms with Gasteiger partial charge in [0.05, 0.1) is 17.1 Å². The summed E-state index contributed by atoms with van der Waals surface area (Å²) < 4.78 is 15.7. The van der Waals surface area contributed by atoms with E-state index in [9.17, 15) is 9.18 Å². The van der Waals surface area contributed by atoms with Crippen LogP contribution < -0.4 is 5.32 Å². The molecule has 0 saturated heterocycles. The summed E-state index contributed by atoms with van der Waals surface area (Å²) in [6.45, 7) is 11.7. The molecule has 1 unspecified atom stereocenters. The Labute approximate surface area is 223 Å². The van der Waals surface area contributed by atoms with Crippen LogP contribution in [-0.2, 0) is 12.0 Å². The topological polar surface area (TPSA) is 46.9 Å². The monoisotopic (exact) mass is 517 g/mol. The molecule has 0 spiro atoms. The summed E-state index contributed by atoms with van der Waals surface area (Å²) in [4.78, 5) is 18.2. The predicted molar refractivity (Wildman–Crippen MR) is 153 cm³/mol. The lowest BCUT2D eigenvalue weighted by Crippen LogP contribution is -2.31. The Morgan fingerprint density at radius 2 is 1.70 bits per heavy atom. The van der Waals surface area contributed by atoms with Crippen LogP contribution in [0.25, 0.3) is 11.0 Å². The normalized spacial score (nSPS) is 12.6. The Morgan fingerprint density at radius 1 is 1.05 bits per heavy atom. The Balaban J connectivity index is 1.77. The second-order valence-electron chi connectivity index (χ2n) is 10.7. The highest BCUT2D eigenvalue weighted by molar-refractivity contribution is 7.98. The third-order valence-corrected chi connectivity index (χ3v) is 7.54. The maximum absolute atomic E-state index is 13.4. The van der Waals surface area contributed by atoms with E-state index in [2.05, 4.69) is 69.0 Å². The van der Waals surface area contributed by atoms with Crippen LogP contribution in [0.2, 0.25) is 0 Å². The average molecular weight is 518 g/mol. The maximum Gasteiger partial charge on any atom is 0.251 e. The second kappa shape index (κ2) is 11.1. The van der Waals surface area contributed by atoms with Crippen molar-refractivity contribution in [3.8, 4) is 0 Å². The van der Waals surface area contributed by atoms with Gasteiger partial charge in [-0.1, -0.05) is 45.0 Å². The first-order valence-corrected chi connectivity index (χ1v) is 14.1. The van der Waals surface area contributed by atoms with Gasteiger partial charge in [0.25, 0.3) is 5.91 Å². The van der Waals surface area contributed by atoms with Crippen molar-refractivity contribution in [3.63, 3.8) is 0 Å². The Morgan fingerprint density at radius 3 is 2.32 bits per heavy atom. The van der Waals surface area contributed by atoms with Gasteiger partial charge in [-0.15, -0.1) is 0 Å². The third-order valence-electron chi connectivity index (χ3n) is 6.90. The Hall–Kier alpha value is -3.12. The van der Waals surface area contributed by atoms with Gasteiger partial charge in [0, 0.05) is 12.1 Å². The molecule has 1 heterocycles. The number of benzene rings is 3. The fourth-order valence-corrected chi connectivity index (χ4v) is 5.18. The molecule has 1 amide bonds. The van der Waals surface area contributed by atoms with E-state index in [-0.39, 0.29) is 23.2 Å². The zero-order valence-corrected chi connectivity index (χ0v) is 23.4. The number of nitrogens with zero attached hydrogens (tertiary/aromatic N) is 2.